The summed E-state index contributed by atoms with van der Waals surface area (Å²) < 4.78 is 0. The monoisotopic (exact) mass is 365 g/mol. The van der Waals surface area contributed by atoms with Crippen molar-refractivity contribution in [3.8, 4) is 0 Å². The highest BCUT2D eigenvalue weighted by molar-refractivity contribution is 6.44. The first kappa shape index (κ1) is 18.1. The molecule has 0 aliphatic heterocycles. The molecule has 2 aromatic carbocycles. The average Bonchev–Trinajstić information content (AvgIpc) is 2.55. The van der Waals surface area contributed by atoms with Crippen LogP contribution in [0.15, 0.2) is 48.5 Å². The van der Waals surface area contributed by atoms with Gasteiger partial charge in [0.05, 0.1) is 15.7 Å². The average molecular weight is 366 g/mol. The third kappa shape index (κ3) is 4.88. The van der Waals surface area contributed by atoms with Gasteiger partial charge in [0, 0.05) is 25.7 Å². The molecule has 2 rings (SSSR count). The van der Waals surface area contributed by atoms with E-state index in [0.717, 1.165) is 0 Å². The fourth-order valence-electron chi connectivity index (χ4n) is 2.13. The maximum atomic E-state index is 11.9. The Bertz CT molecular complexity index is 723. The SMILES string of the molecule is CC(=O)N(CCNC(=O)Nc1ccccc1)c1cccc(Cl)c1Cl. The number of anilines is 2. The van der Waals surface area contributed by atoms with E-state index in [1.165, 1.54) is 11.8 Å². The van der Waals surface area contributed by atoms with Crippen molar-refractivity contribution < 1.29 is 9.59 Å². The summed E-state index contributed by atoms with van der Waals surface area (Å²) in [6.07, 6.45) is 0. The van der Waals surface area contributed by atoms with Gasteiger partial charge in [-0.1, -0.05) is 47.5 Å². The van der Waals surface area contributed by atoms with E-state index in [1.807, 2.05) is 18.2 Å². The Kier molecular flexibility index (Phi) is 6.46. The van der Waals surface area contributed by atoms with E-state index in [0.29, 0.717) is 21.4 Å². The number of urea groups is 1. The van der Waals surface area contributed by atoms with Gasteiger partial charge >= 0.3 is 6.03 Å². The molecule has 0 atom stereocenters. The standard InChI is InChI=1S/C17H17Cl2N3O2/c1-12(23)22(15-9-5-8-14(18)16(15)19)11-10-20-17(24)21-13-6-3-2-4-7-13/h2-9H,10-11H2,1H3,(H2,20,21,24). The largest absolute Gasteiger partial charge is 0.336 e. The molecule has 0 aliphatic rings. The fourth-order valence-corrected chi connectivity index (χ4v) is 2.52. The van der Waals surface area contributed by atoms with Gasteiger partial charge in [-0.15, -0.1) is 0 Å². The maximum Gasteiger partial charge on any atom is 0.319 e. The van der Waals surface area contributed by atoms with E-state index >= 15 is 0 Å². The number of carbonyl (C=O) groups is 2. The third-order valence-corrected chi connectivity index (χ3v) is 4.06. The van der Waals surface area contributed by atoms with Crippen LogP contribution in [0.2, 0.25) is 10.0 Å². The third-order valence-electron chi connectivity index (χ3n) is 3.25. The molecule has 0 saturated heterocycles. The van der Waals surface area contributed by atoms with E-state index in [9.17, 15) is 9.59 Å². The minimum atomic E-state index is -0.345. The van der Waals surface area contributed by atoms with E-state index in [1.54, 1.807) is 30.3 Å². The Hall–Kier alpha value is -2.24. The van der Waals surface area contributed by atoms with Gasteiger partial charge < -0.3 is 15.5 Å². The topological polar surface area (TPSA) is 61.4 Å². The maximum absolute atomic E-state index is 11.9. The lowest BCUT2D eigenvalue weighted by Crippen LogP contribution is -2.39. The lowest BCUT2D eigenvalue weighted by molar-refractivity contribution is -0.116. The zero-order valence-electron chi connectivity index (χ0n) is 13.1. The molecule has 0 saturated carbocycles. The molecule has 7 heteroatoms. The van der Waals surface area contributed by atoms with Crippen LogP contribution >= 0.6 is 23.2 Å². The number of para-hydroxylation sites is 1. The quantitative estimate of drug-likeness (QED) is 0.835. The zero-order chi connectivity index (χ0) is 17.5. The van der Waals surface area contributed by atoms with Crippen LogP contribution in [0.3, 0.4) is 0 Å². The van der Waals surface area contributed by atoms with Crippen LogP contribution in [0.4, 0.5) is 16.2 Å². The summed E-state index contributed by atoms with van der Waals surface area (Å²) in [5, 5.41) is 6.08. The molecule has 0 bridgehead atoms. The molecule has 5 nitrogen and oxygen atoms in total. The molecule has 24 heavy (non-hydrogen) atoms. The van der Waals surface area contributed by atoms with Crippen LogP contribution in [0.1, 0.15) is 6.92 Å². The zero-order valence-corrected chi connectivity index (χ0v) is 14.6. The molecule has 0 fully saturated rings. The first-order valence-corrected chi connectivity index (χ1v) is 8.06. The van der Waals surface area contributed by atoms with Gasteiger partial charge in [-0.2, -0.15) is 0 Å². The minimum absolute atomic E-state index is 0.190. The van der Waals surface area contributed by atoms with Crippen LogP contribution in [-0.2, 0) is 4.79 Å². The van der Waals surface area contributed by atoms with Gasteiger partial charge in [-0.3, -0.25) is 4.79 Å². The highest BCUT2D eigenvalue weighted by Gasteiger charge is 2.16. The van der Waals surface area contributed by atoms with Crippen LogP contribution < -0.4 is 15.5 Å². The van der Waals surface area contributed by atoms with Gasteiger partial charge in [-0.05, 0) is 24.3 Å². The predicted octanol–water partition coefficient (Wildman–Crippen LogP) is 4.17. The van der Waals surface area contributed by atoms with Crippen molar-refractivity contribution in [2.24, 2.45) is 0 Å². The van der Waals surface area contributed by atoms with Crippen LogP contribution in [0.25, 0.3) is 0 Å². The summed E-state index contributed by atoms with van der Waals surface area (Å²) >= 11 is 12.1. The lowest BCUT2D eigenvalue weighted by Gasteiger charge is -2.23. The Balaban J connectivity index is 1.94. The molecule has 0 aliphatic carbocycles. The van der Waals surface area contributed by atoms with Crippen molar-refractivity contribution in [2.75, 3.05) is 23.3 Å². The lowest BCUT2D eigenvalue weighted by atomic mass is 10.2. The van der Waals surface area contributed by atoms with Crippen molar-refractivity contribution in [1.29, 1.82) is 0 Å². The van der Waals surface area contributed by atoms with Crippen molar-refractivity contribution in [3.05, 3.63) is 58.6 Å². The summed E-state index contributed by atoms with van der Waals surface area (Å²) in [6.45, 7) is 1.97. The second-order valence-corrected chi connectivity index (χ2v) is 5.78. The first-order valence-electron chi connectivity index (χ1n) is 7.31. The van der Waals surface area contributed by atoms with E-state index in [2.05, 4.69) is 10.6 Å². The van der Waals surface area contributed by atoms with E-state index in [-0.39, 0.29) is 25.0 Å². The Morgan fingerprint density at radius 2 is 1.75 bits per heavy atom. The first-order chi connectivity index (χ1) is 11.5. The fraction of sp³-hybridized carbons (Fsp3) is 0.176. The summed E-state index contributed by atoms with van der Waals surface area (Å²) in [7, 11) is 0. The molecule has 0 radical (unpaired) electrons. The van der Waals surface area contributed by atoms with Crippen molar-refractivity contribution in [3.63, 3.8) is 0 Å². The van der Waals surface area contributed by atoms with E-state index < -0.39 is 0 Å². The molecule has 0 spiro atoms. The molecular formula is C17H17Cl2N3O2. The molecule has 126 valence electrons. The van der Waals surface area contributed by atoms with Crippen LogP contribution in [0.5, 0.6) is 0 Å². The minimum Gasteiger partial charge on any atom is -0.336 e. The van der Waals surface area contributed by atoms with Gasteiger partial charge in [0.2, 0.25) is 5.91 Å². The van der Waals surface area contributed by atoms with Crippen LogP contribution in [0, 0.1) is 0 Å². The number of hydrogen-bond acceptors (Lipinski definition) is 2. The molecule has 2 N–H and O–H groups in total. The summed E-state index contributed by atoms with van der Waals surface area (Å²) in [4.78, 5) is 25.2. The Morgan fingerprint density at radius 1 is 1.04 bits per heavy atom. The Labute approximate surface area is 150 Å². The number of hydrogen-bond donors (Lipinski definition) is 2. The second-order valence-electron chi connectivity index (χ2n) is 4.99. The number of carbonyl (C=O) groups excluding carboxylic acids is 2. The molecule has 0 aromatic heterocycles. The molecule has 0 heterocycles. The van der Waals surface area contributed by atoms with E-state index in [4.69, 9.17) is 23.2 Å². The smallest absolute Gasteiger partial charge is 0.319 e. The second kappa shape index (κ2) is 8.57. The molecule has 0 unspecified atom stereocenters. The van der Waals surface area contributed by atoms with Gasteiger partial charge in [0.15, 0.2) is 0 Å². The van der Waals surface area contributed by atoms with Crippen molar-refractivity contribution >= 4 is 46.5 Å². The number of nitrogens with one attached hydrogen (secondary N) is 2. The summed E-state index contributed by atoms with van der Waals surface area (Å²) in [6, 6.07) is 13.8. The van der Waals surface area contributed by atoms with Crippen molar-refractivity contribution in [2.45, 2.75) is 6.92 Å². The Morgan fingerprint density at radius 3 is 2.42 bits per heavy atom. The van der Waals surface area contributed by atoms with Gasteiger partial charge in [0.25, 0.3) is 0 Å². The van der Waals surface area contributed by atoms with Gasteiger partial charge in [-0.25, -0.2) is 4.79 Å². The van der Waals surface area contributed by atoms with Crippen LogP contribution in [-0.4, -0.2) is 25.0 Å². The highest BCUT2D eigenvalue weighted by atomic mass is 35.5. The predicted molar refractivity (Wildman–Crippen MR) is 98.0 cm³/mol. The number of rotatable bonds is 5. The molecule has 2 aromatic rings. The number of nitrogens with zero attached hydrogens (tertiary/aromatic N) is 1. The number of halogens is 2. The summed E-state index contributed by atoms with van der Waals surface area (Å²) in [5.74, 6) is -0.190. The molecule has 3 amide bonds. The van der Waals surface area contributed by atoms with Gasteiger partial charge in [0.1, 0.15) is 0 Å². The highest BCUT2D eigenvalue weighted by Crippen LogP contribution is 2.32. The normalized spacial score (nSPS) is 10.1. The van der Waals surface area contributed by atoms with Crippen molar-refractivity contribution in [1.82, 2.24) is 5.32 Å². The number of amides is 3. The molecular weight excluding hydrogens is 349 g/mol. The summed E-state index contributed by atoms with van der Waals surface area (Å²) in [5.41, 5.74) is 1.21. The number of benzene rings is 2.